The Balaban J connectivity index is 1.51. The number of aliphatic imine (C=N–C) groups is 1. The van der Waals surface area contributed by atoms with Crippen molar-refractivity contribution in [3.8, 4) is 10.6 Å². The molecule has 2 heterocycles. The van der Waals surface area contributed by atoms with Gasteiger partial charge >= 0.3 is 0 Å². The molecule has 1 aromatic carbocycles. The van der Waals surface area contributed by atoms with E-state index in [1.807, 2.05) is 18.2 Å². The van der Waals surface area contributed by atoms with Crippen molar-refractivity contribution in [1.82, 2.24) is 20.5 Å². The minimum absolute atomic E-state index is 0.600. The molecule has 0 bridgehead atoms. The van der Waals surface area contributed by atoms with Crippen molar-refractivity contribution in [3.05, 3.63) is 41.4 Å². The predicted molar refractivity (Wildman–Crippen MR) is 111 cm³/mol. The minimum atomic E-state index is 0.600. The fourth-order valence-electron chi connectivity index (χ4n) is 3.11. The molecule has 1 saturated heterocycles. The maximum atomic E-state index is 4.71. The number of piperidine rings is 1. The fourth-order valence-corrected chi connectivity index (χ4v) is 3.93. The molecule has 2 aromatic rings. The van der Waals surface area contributed by atoms with Crippen LogP contribution in [-0.2, 0) is 6.54 Å². The molecule has 2 N–H and O–H groups in total. The lowest BCUT2D eigenvalue weighted by molar-refractivity contribution is 0.232. The van der Waals surface area contributed by atoms with E-state index in [0.29, 0.717) is 6.54 Å². The molecule has 26 heavy (non-hydrogen) atoms. The maximum Gasteiger partial charge on any atom is 0.191 e. The van der Waals surface area contributed by atoms with Crippen LogP contribution >= 0.6 is 11.3 Å². The van der Waals surface area contributed by atoms with Crippen molar-refractivity contribution in [2.45, 2.75) is 32.7 Å². The smallest absolute Gasteiger partial charge is 0.191 e. The van der Waals surface area contributed by atoms with Crippen LogP contribution in [0.25, 0.3) is 10.6 Å². The van der Waals surface area contributed by atoms with Gasteiger partial charge in [-0.25, -0.2) is 9.98 Å². The van der Waals surface area contributed by atoms with Gasteiger partial charge in [0, 0.05) is 30.6 Å². The second kappa shape index (κ2) is 10.3. The van der Waals surface area contributed by atoms with Crippen LogP contribution in [0, 0.1) is 0 Å². The lowest BCUT2D eigenvalue weighted by Crippen LogP contribution is -2.42. The Kier molecular flexibility index (Phi) is 7.46. The summed E-state index contributed by atoms with van der Waals surface area (Å²) in [6.45, 7) is 8.03. The molecule has 0 amide bonds. The van der Waals surface area contributed by atoms with Gasteiger partial charge in [0.1, 0.15) is 5.01 Å². The standard InChI is InChI=1S/C20H29N5S/c1-2-21-20(22-11-14-25-12-7-4-8-13-25)23-15-18-16-26-19(24-18)17-9-5-3-6-10-17/h3,5-6,9-10,16H,2,4,7-8,11-15H2,1H3,(H2,21,22,23). The SMILES string of the molecule is CCNC(=NCc1csc(-c2ccccc2)n1)NCCN1CCCCC1. The highest BCUT2D eigenvalue weighted by Gasteiger charge is 2.09. The lowest BCUT2D eigenvalue weighted by Gasteiger charge is -2.26. The van der Waals surface area contributed by atoms with Crippen LogP contribution in [0.5, 0.6) is 0 Å². The fraction of sp³-hybridized carbons (Fsp3) is 0.500. The van der Waals surface area contributed by atoms with Gasteiger partial charge in [0.25, 0.3) is 0 Å². The summed E-state index contributed by atoms with van der Waals surface area (Å²) >= 11 is 1.68. The molecule has 5 nitrogen and oxygen atoms in total. The predicted octanol–water partition coefficient (Wildman–Crippen LogP) is 3.35. The third kappa shape index (κ3) is 5.81. The van der Waals surface area contributed by atoms with Gasteiger partial charge in [-0.05, 0) is 32.9 Å². The van der Waals surface area contributed by atoms with Gasteiger partial charge in [-0.15, -0.1) is 11.3 Å². The summed E-state index contributed by atoms with van der Waals surface area (Å²) in [5.74, 6) is 0.874. The highest BCUT2D eigenvalue weighted by molar-refractivity contribution is 7.13. The largest absolute Gasteiger partial charge is 0.357 e. The quantitative estimate of drug-likeness (QED) is 0.579. The number of nitrogens with one attached hydrogen (secondary N) is 2. The molecule has 1 fully saturated rings. The molecule has 0 spiro atoms. The summed E-state index contributed by atoms with van der Waals surface area (Å²) in [6.07, 6.45) is 4.05. The van der Waals surface area contributed by atoms with Crippen molar-refractivity contribution in [2.24, 2.45) is 4.99 Å². The van der Waals surface area contributed by atoms with E-state index in [2.05, 4.69) is 40.0 Å². The molecule has 140 valence electrons. The first-order valence-corrected chi connectivity index (χ1v) is 10.5. The van der Waals surface area contributed by atoms with Crippen LogP contribution in [-0.4, -0.2) is 48.6 Å². The van der Waals surface area contributed by atoms with Gasteiger partial charge in [0.05, 0.1) is 12.2 Å². The number of nitrogens with zero attached hydrogens (tertiary/aromatic N) is 3. The Labute approximate surface area is 160 Å². The van der Waals surface area contributed by atoms with Crippen LogP contribution < -0.4 is 10.6 Å². The van der Waals surface area contributed by atoms with Crippen molar-refractivity contribution in [3.63, 3.8) is 0 Å². The molecule has 3 rings (SSSR count). The number of likely N-dealkylation sites (tertiary alicyclic amines) is 1. The molecule has 1 aromatic heterocycles. The van der Waals surface area contributed by atoms with Gasteiger partial charge in [-0.3, -0.25) is 0 Å². The molecule has 1 aliphatic rings. The number of rotatable bonds is 7. The molecule has 0 atom stereocenters. The zero-order chi connectivity index (χ0) is 18.0. The van der Waals surface area contributed by atoms with Gasteiger partial charge in [-0.1, -0.05) is 36.8 Å². The lowest BCUT2D eigenvalue weighted by atomic mass is 10.1. The molecular weight excluding hydrogens is 342 g/mol. The second-order valence-corrected chi connectivity index (χ2v) is 7.39. The first-order valence-electron chi connectivity index (χ1n) is 9.59. The first kappa shape index (κ1) is 18.9. The highest BCUT2D eigenvalue weighted by atomic mass is 32.1. The van der Waals surface area contributed by atoms with Crippen LogP contribution in [0.2, 0.25) is 0 Å². The number of hydrogen-bond donors (Lipinski definition) is 2. The van der Waals surface area contributed by atoms with E-state index < -0.39 is 0 Å². The summed E-state index contributed by atoms with van der Waals surface area (Å²) in [4.78, 5) is 11.9. The maximum absolute atomic E-state index is 4.71. The molecule has 0 aliphatic carbocycles. The van der Waals surface area contributed by atoms with Gasteiger partial charge < -0.3 is 15.5 Å². The number of aromatic nitrogens is 1. The minimum Gasteiger partial charge on any atom is -0.357 e. The van der Waals surface area contributed by atoms with Crippen LogP contribution in [0.4, 0.5) is 0 Å². The monoisotopic (exact) mass is 371 g/mol. The zero-order valence-electron chi connectivity index (χ0n) is 15.6. The summed E-state index contributed by atoms with van der Waals surface area (Å²) < 4.78 is 0. The van der Waals surface area contributed by atoms with E-state index in [0.717, 1.165) is 36.3 Å². The molecule has 0 unspecified atom stereocenters. The van der Waals surface area contributed by atoms with E-state index in [9.17, 15) is 0 Å². The average Bonchev–Trinajstić information content (AvgIpc) is 3.17. The second-order valence-electron chi connectivity index (χ2n) is 6.53. The number of benzene rings is 1. The summed E-state index contributed by atoms with van der Waals surface area (Å²) in [5, 5.41) is 9.93. The highest BCUT2D eigenvalue weighted by Crippen LogP contribution is 2.23. The topological polar surface area (TPSA) is 52.6 Å². The summed E-state index contributed by atoms with van der Waals surface area (Å²) in [7, 11) is 0. The van der Waals surface area contributed by atoms with E-state index >= 15 is 0 Å². The Morgan fingerprint density at radius 1 is 1.15 bits per heavy atom. The van der Waals surface area contributed by atoms with Crippen LogP contribution in [0.15, 0.2) is 40.7 Å². The van der Waals surface area contributed by atoms with Gasteiger partial charge in [0.15, 0.2) is 5.96 Å². The Morgan fingerprint density at radius 2 is 1.96 bits per heavy atom. The molecule has 1 aliphatic heterocycles. The van der Waals surface area contributed by atoms with Crippen LogP contribution in [0.1, 0.15) is 31.9 Å². The third-order valence-electron chi connectivity index (χ3n) is 4.49. The summed E-state index contributed by atoms with van der Waals surface area (Å²) in [6, 6.07) is 10.3. The van der Waals surface area contributed by atoms with Crippen molar-refractivity contribution in [1.29, 1.82) is 0 Å². The molecule has 6 heteroatoms. The average molecular weight is 372 g/mol. The summed E-state index contributed by atoms with van der Waals surface area (Å²) in [5.41, 5.74) is 2.18. The number of guanidine groups is 1. The number of hydrogen-bond acceptors (Lipinski definition) is 4. The van der Waals surface area contributed by atoms with Gasteiger partial charge in [-0.2, -0.15) is 0 Å². The van der Waals surface area contributed by atoms with E-state index in [1.165, 1.54) is 37.9 Å². The van der Waals surface area contributed by atoms with E-state index in [1.54, 1.807) is 11.3 Å². The van der Waals surface area contributed by atoms with Crippen LogP contribution in [0.3, 0.4) is 0 Å². The Hall–Kier alpha value is -1.92. The normalized spacial score (nSPS) is 15.8. The van der Waals surface area contributed by atoms with Crippen molar-refractivity contribution in [2.75, 3.05) is 32.7 Å². The molecule has 0 radical (unpaired) electrons. The van der Waals surface area contributed by atoms with Crippen molar-refractivity contribution >= 4 is 17.3 Å². The molecular formula is C20H29N5S. The van der Waals surface area contributed by atoms with Crippen molar-refractivity contribution < 1.29 is 0 Å². The Bertz CT molecular complexity index is 677. The van der Waals surface area contributed by atoms with Gasteiger partial charge in [0.2, 0.25) is 0 Å². The van der Waals surface area contributed by atoms with E-state index in [4.69, 9.17) is 9.98 Å². The number of thiazole rings is 1. The molecule has 0 saturated carbocycles. The Morgan fingerprint density at radius 3 is 2.73 bits per heavy atom. The first-order chi connectivity index (χ1) is 12.8. The van der Waals surface area contributed by atoms with E-state index in [-0.39, 0.29) is 0 Å². The zero-order valence-corrected chi connectivity index (χ0v) is 16.4. The third-order valence-corrected chi connectivity index (χ3v) is 5.43.